The van der Waals surface area contributed by atoms with E-state index in [2.05, 4.69) is 18.2 Å². The third-order valence-electron chi connectivity index (χ3n) is 10.8. The summed E-state index contributed by atoms with van der Waals surface area (Å²) in [5.74, 6) is -1.57. The Kier molecular flexibility index (Phi) is 9.93. The minimum absolute atomic E-state index is 0.00713. The van der Waals surface area contributed by atoms with Crippen molar-refractivity contribution in [2.24, 2.45) is 17.6 Å². The largest absolute Gasteiger partial charge is 0.481 e. The molecule has 0 spiro atoms. The maximum atomic E-state index is 13.2. The van der Waals surface area contributed by atoms with Gasteiger partial charge in [-0.15, -0.1) is 0 Å². The fraction of sp³-hybridized carbons (Fsp3) is 0.579. The number of carbonyl (C=O) groups is 3. The topological polar surface area (TPSA) is 134 Å². The van der Waals surface area contributed by atoms with Crippen molar-refractivity contribution in [3.05, 3.63) is 71.8 Å². The fourth-order valence-corrected chi connectivity index (χ4v) is 8.52. The molecule has 3 unspecified atom stereocenters. The van der Waals surface area contributed by atoms with Crippen molar-refractivity contribution in [1.82, 2.24) is 4.90 Å². The normalized spacial score (nSPS) is 25.3. The van der Waals surface area contributed by atoms with Gasteiger partial charge in [-0.3, -0.25) is 14.4 Å². The number of ether oxygens (including phenoxy) is 1. The molecule has 3 N–H and O–H groups in total. The molecule has 0 radical (unpaired) electrons. The van der Waals surface area contributed by atoms with Crippen LogP contribution in [0.1, 0.15) is 103 Å². The summed E-state index contributed by atoms with van der Waals surface area (Å²) in [6, 6.07) is 21.8. The third kappa shape index (κ3) is 6.85. The van der Waals surface area contributed by atoms with Crippen LogP contribution in [0.5, 0.6) is 0 Å². The zero-order chi connectivity index (χ0) is 33.1. The number of aliphatic carboxylic acids is 1. The summed E-state index contributed by atoms with van der Waals surface area (Å²) < 4.78 is 5.36. The average molecular weight is 628 g/mol. The first kappa shape index (κ1) is 33.7. The van der Waals surface area contributed by atoms with Gasteiger partial charge in [0.15, 0.2) is 0 Å². The lowest BCUT2D eigenvalue weighted by Crippen LogP contribution is -2.56. The van der Waals surface area contributed by atoms with E-state index < -0.39 is 34.9 Å². The molecule has 6 rings (SSSR count). The van der Waals surface area contributed by atoms with Gasteiger partial charge in [0.2, 0.25) is 5.91 Å². The SMILES string of the molecule is CC(C)(C)OC(=O)CC(C(=O)O)C1(c2ccccc2)CCCC1.N#C[C@@H]1C[C@@H]2CC2N1C(=O)C(N)C1(c2ccccc2)CCCC1. The number of likely N-dealkylation sites (tertiary alicyclic amines) is 1. The lowest BCUT2D eigenvalue weighted by atomic mass is 9.67. The van der Waals surface area contributed by atoms with Crippen LogP contribution in [0.4, 0.5) is 0 Å². The molecule has 1 aliphatic heterocycles. The molecule has 5 atom stereocenters. The number of fused-ring (bicyclic) bond motifs is 1. The quantitative estimate of drug-likeness (QED) is 0.330. The van der Waals surface area contributed by atoms with Crippen molar-refractivity contribution >= 4 is 17.8 Å². The standard InChI is InChI=1S/C19H23N3O.C19H26O4/c20-12-15-10-13-11-16(13)22(15)18(23)17(21)19(8-4-5-9-19)14-6-2-1-3-7-14;1-18(2,3)23-16(20)13-15(17(21)22)19(11-7-8-12-19)14-9-5-4-6-10-14/h1-3,6-7,13,15-17H,4-5,8-11,21H2;4-6,9-10,15H,7-8,11-13H2,1-3H3,(H,21,22)/t13-,15+,16?,17?;/m1./s1. The summed E-state index contributed by atoms with van der Waals surface area (Å²) in [6.07, 6.45) is 9.54. The van der Waals surface area contributed by atoms with E-state index in [0.717, 1.165) is 69.8 Å². The first-order valence-electron chi connectivity index (χ1n) is 16.9. The number of nitrogens with two attached hydrogens (primary N) is 1. The van der Waals surface area contributed by atoms with Crippen LogP contribution in [-0.4, -0.2) is 51.6 Å². The predicted octanol–water partition coefficient (Wildman–Crippen LogP) is 6.27. The van der Waals surface area contributed by atoms with Crippen molar-refractivity contribution in [3.63, 3.8) is 0 Å². The summed E-state index contributed by atoms with van der Waals surface area (Å²) in [5.41, 5.74) is 7.44. The minimum atomic E-state index is -0.915. The van der Waals surface area contributed by atoms with Gasteiger partial charge in [-0.2, -0.15) is 5.26 Å². The predicted molar refractivity (Wildman–Crippen MR) is 175 cm³/mol. The van der Waals surface area contributed by atoms with Gasteiger partial charge in [0.25, 0.3) is 0 Å². The summed E-state index contributed by atoms with van der Waals surface area (Å²) in [4.78, 5) is 39.2. The Morgan fingerprint density at radius 1 is 0.913 bits per heavy atom. The number of nitriles is 1. The van der Waals surface area contributed by atoms with E-state index in [1.165, 1.54) is 5.56 Å². The van der Waals surface area contributed by atoms with E-state index in [1.807, 2.05) is 53.4 Å². The van der Waals surface area contributed by atoms with Crippen molar-refractivity contribution in [2.75, 3.05) is 0 Å². The second-order valence-corrected chi connectivity index (χ2v) is 14.8. The number of rotatable bonds is 8. The van der Waals surface area contributed by atoms with Gasteiger partial charge in [-0.1, -0.05) is 86.3 Å². The number of amides is 1. The second kappa shape index (κ2) is 13.6. The zero-order valence-electron chi connectivity index (χ0n) is 27.5. The van der Waals surface area contributed by atoms with E-state index >= 15 is 0 Å². The molecule has 46 heavy (non-hydrogen) atoms. The van der Waals surface area contributed by atoms with E-state index in [9.17, 15) is 24.8 Å². The van der Waals surface area contributed by atoms with Crippen LogP contribution in [0.3, 0.4) is 0 Å². The van der Waals surface area contributed by atoms with Crippen LogP contribution in [0, 0.1) is 23.2 Å². The van der Waals surface area contributed by atoms with Crippen LogP contribution in [-0.2, 0) is 30.0 Å². The monoisotopic (exact) mass is 627 g/mol. The Labute approximate surface area is 273 Å². The zero-order valence-corrected chi connectivity index (χ0v) is 27.5. The van der Waals surface area contributed by atoms with Crippen LogP contribution in [0.2, 0.25) is 0 Å². The fourth-order valence-electron chi connectivity index (χ4n) is 8.52. The van der Waals surface area contributed by atoms with Crippen LogP contribution >= 0.6 is 0 Å². The number of hydrogen-bond donors (Lipinski definition) is 2. The Balaban J connectivity index is 0.000000181. The number of carbonyl (C=O) groups excluding carboxylic acids is 2. The molecule has 4 fully saturated rings. The van der Waals surface area contributed by atoms with E-state index in [1.54, 1.807) is 20.8 Å². The number of carboxylic acids is 1. The van der Waals surface area contributed by atoms with Gasteiger partial charge in [0, 0.05) is 16.9 Å². The highest BCUT2D eigenvalue weighted by Crippen LogP contribution is 2.50. The van der Waals surface area contributed by atoms with E-state index in [4.69, 9.17) is 10.5 Å². The van der Waals surface area contributed by atoms with Crippen molar-refractivity contribution < 1.29 is 24.2 Å². The molecule has 2 aromatic rings. The Bertz CT molecular complexity index is 1420. The summed E-state index contributed by atoms with van der Waals surface area (Å²) in [5, 5.41) is 19.2. The molecule has 2 aromatic carbocycles. The molecule has 8 heteroatoms. The van der Waals surface area contributed by atoms with Gasteiger partial charge < -0.3 is 20.5 Å². The molecule has 1 amide bonds. The Hall–Kier alpha value is -3.70. The number of nitrogens with zero attached hydrogens (tertiary/aromatic N) is 2. The van der Waals surface area contributed by atoms with E-state index in [-0.39, 0.29) is 29.8 Å². The molecule has 3 saturated carbocycles. The number of carboxylic acid groups (broad SMARTS) is 1. The smallest absolute Gasteiger partial charge is 0.307 e. The molecule has 3 aliphatic carbocycles. The molecule has 8 nitrogen and oxygen atoms in total. The van der Waals surface area contributed by atoms with Gasteiger partial charge in [0.1, 0.15) is 11.6 Å². The maximum Gasteiger partial charge on any atom is 0.307 e. The Morgan fingerprint density at radius 2 is 1.41 bits per heavy atom. The van der Waals surface area contributed by atoms with Gasteiger partial charge >= 0.3 is 11.9 Å². The number of piperidine rings is 1. The highest BCUT2D eigenvalue weighted by molar-refractivity contribution is 5.85. The van der Waals surface area contributed by atoms with Gasteiger partial charge in [-0.25, -0.2) is 0 Å². The average Bonchev–Trinajstić information content (AvgIpc) is 3.42. The van der Waals surface area contributed by atoms with Crippen LogP contribution in [0.25, 0.3) is 0 Å². The molecular weight excluding hydrogens is 578 g/mol. The molecule has 1 saturated heterocycles. The summed E-state index contributed by atoms with van der Waals surface area (Å²) in [6.45, 7) is 5.38. The van der Waals surface area contributed by atoms with E-state index in [0.29, 0.717) is 5.92 Å². The van der Waals surface area contributed by atoms with Crippen LogP contribution in [0.15, 0.2) is 60.7 Å². The minimum Gasteiger partial charge on any atom is -0.481 e. The first-order chi connectivity index (χ1) is 21.9. The number of hydrogen-bond acceptors (Lipinski definition) is 6. The van der Waals surface area contributed by atoms with Crippen molar-refractivity contribution in [2.45, 2.75) is 126 Å². The van der Waals surface area contributed by atoms with Gasteiger partial charge in [-0.05, 0) is 76.3 Å². The molecule has 246 valence electrons. The molecule has 4 aliphatic rings. The highest BCUT2D eigenvalue weighted by atomic mass is 16.6. The van der Waals surface area contributed by atoms with Crippen molar-refractivity contribution in [1.29, 1.82) is 5.26 Å². The molecular formula is C38H49N3O5. The lowest BCUT2D eigenvalue weighted by Gasteiger charge is -2.38. The highest BCUT2D eigenvalue weighted by Gasteiger charge is 2.57. The molecule has 0 aromatic heterocycles. The number of esters is 1. The van der Waals surface area contributed by atoms with Gasteiger partial charge in [0.05, 0.1) is 24.4 Å². The maximum absolute atomic E-state index is 13.2. The van der Waals surface area contributed by atoms with Crippen molar-refractivity contribution in [3.8, 4) is 6.07 Å². The summed E-state index contributed by atoms with van der Waals surface area (Å²) >= 11 is 0. The first-order valence-corrected chi connectivity index (χ1v) is 16.9. The lowest BCUT2D eigenvalue weighted by molar-refractivity contribution is -0.161. The second-order valence-electron chi connectivity index (χ2n) is 14.8. The summed E-state index contributed by atoms with van der Waals surface area (Å²) in [7, 11) is 0. The van der Waals surface area contributed by atoms with Crippen LogP contribution < -0.4 is 5.73 Å². The third-order valence-corrected chi connectivity index (χ3v) is 10.8. The number of benzene rings is 2. The molecule has 1 heterocycles. The molecule has 0 bridgehead atoms. The Morgan fingerprint density at radius 3 is 1.89 bits per heavy atom.